The summed E-state index contributed by atoms with van der Waals surface area (Å²) in [6, 6.07) is 7.68. The van der Waals surface area contributed by atoms with Gasteiger partial charge in [0.1, 0.15) is 0 Å². The number of aromatic nitrogens is 4. The summed E-state index contributed by atoms with van der Waals surface area (Å²) >= 11 is 0. The van der Waals surface area contributed by atoms with Crippen LogP contribution in [-0.4, -0.2) is 66.3 Å². The Morgan fingerprint density at radius 1 is 1.22 bits per heavy atom. The number of benzene rings is 1. The van der Waals surface area contributed by atoms with Crippen LogP contribution in [0.25, 0.3) is 16.9 Å². The summed E-state index contributed by atoms with van der Waals surface area (Å²) in [6.45, 7) is 6.23. The number of para-hydroxylation sites is 1. The Labute approximate surface area is 186 Å². The molecule has 32 heavy (non-hydrogen) atoms. The molecule has 0 radical (unpaired) electrons. The van der Waals surface area contributed by atoms with E-state index in [-0.39, 0.29) is 24.3 Å². The highest BCUT2D eigenvalue weighted by atomic mass is 16.3. The number of likely N-dealkylation sites (tertiary alicyclic amines) is 1. The van der Waals surface area contributed by atoms with Gasteiger partial charge in [0.15, 0.2) is 0 Å². The van der Waals surface area contributed by atoms with Gasteiger partial charge in [0.05, 0.1) is 28.8 Å². The highest BCUT2D eigenvalue weighted by molar-refractivity contribution is 5.94. The second-order valence-electron chi connectivity index (χ2n) is 8.93. The van der Waals surface area contributed by atoms with Gasteiger partial charge < -0.3 is 15.3 Å². The number of aliphatic hydroxyl groups is 1. The molecular weight excluding hydrogens is 408 g/mol. The fourth-order valence-electron chi connectivity index (χ4n) is 3.99. The number of aryl methyl sites for hydroxylation is 1. The first-order chi connectivity index (χ1) is 15.2. The van der Waals surface area contributed by atoms with Gasteiger partial charge in [-0.2, -0.15) is 9.78 Å². The van der Waals surface area contributed by atoms with E-state index >= 15 is 0 Å². The van der Waals surface area contributed by atoms with Crippen LogP contribution in [0.1, 0.15) is 49.2 Å². The molecular formula is C23H28N6O3. The maximum Gasteiger partial charge on any atom is 0.254 e. The average molecular weight is 437 g/mol. The number of rotatable bonds is 5. The molecule has 2 amide bonds. The Hall–Kier alpha value is -3.33. The third kappa shape index (κ3) is 4.77. The highest BCUT2D eigenvalue weighted by Crippen LogP contribution is 2.20. The molecule has 3 heterocycles. The number of nitrogens with one attached hydrogen (secondary N) is 1. The number of carbonyl (C=O) groups is 2. The third-order valence-corrected chi connectivity index (χ3v) is 5.56. The van der Waals surface area contributed by atoms with E-state index in [0.717, 1.165) is 29.4 Å². The molecule has 0 saturated carbocycles. The fraction of sp³-hybridized carbons (Fsp3) is 0.435. The van der Waals surface area contributed by atoms with Gasteiger partial charge in [-0.3, -0.25) is 9.59 Å². The maximum absolute atomic E-state index is 12.7. The standard InChI is InChI=1S/C23H28N6O3/c1-15-18-8-4-5-9-19(18)29(27-15)22-24-12-16(13-25-22)21(31)26-17-7-6-10-28(14-17)20(30)11-23(2,3)32/h4-5,8-9,12-13,17,32H,6-7,10-11,14H2,1-3H3,(H,26,31)/t17-/m1/s1. The summed E-state index contributed by atoms with van der Waals surface area (Å²) in [5.41, 5.74) is 1.08. The van der Waals surface area contributed by atoms with Gasteiger partial charge in [0.25, 0.3) is 11.9 Å². The molecule has 1 atom stereocenters. The van der Waals surface area contributed by atoms with Crippen LogP contribution in [-0.2, 0) is 4.79 Å². The lowest BCUT2D eigenvalue weighted by Crippen LogP contribution is -2.50. The van der Waals surface area contributed by atoms with Crippen molar-refractivity contribution < 1.29 is 14.7 Å². The number of amides is 2. The van der Waals surface area contributed by atoms with E-state index in [1.807, 2.05) is 31.2 Å². The van der Waals surface area contributed by atoms with Crippen molar-refractivity contribution in [3.63, 3.8) is 0 Å². The van der Waals surface area contributed by atoms with Gasteiger partial charge in [0, 0.05) is 36.9 Å². The van der Waals surface area contributed by atoms with Crippen LogP contribution in [0.2, 0.25) is 0 Å². The SMILES string of the molecule is Cc1nn(-c2ncc(C(=O)N[C@@H]3CCCN(C(=O)CC(C)(C)O)C3)cn2)c2ccccc12. The minimum Gasteiger partial charge on any atom is -0.390 e. The zero-order valence-corrected chi connectivity index (χ0v) is 18.6. The second-order valence-corrected chi connectivity index (χ2v) is 8.93. The van der Waals surface area contributed by atoms with Crippen molar-refractivity contribution in [2.75, 3.05) is 13.1 Å². The molecule has 0 unspecified atom stereocenters. The van der Waals surface area contributed by atoms with Crippen molar-refractivity contribution >= 4 is 22.7 Å². The van der Waals surface area contributed by atoms with Gasteiger partial charge in [-0.15, -0.1) is 0 Å². The zero-order chi connectivity index (χ0) is 22.9. The minimum absolute atomic E-state index is 0.0601. The van der Waals surface area contributed by atoms with E-state index < -0.39 is 5.60 Å². The first kappa shape index (κ1) is 21.9. The van der Waals surface area contributed by atoms with E-state index in [4.69, 9.17) is 0 Å². The molecule has 1 saturated heterocycles. The van der Waals surface area contributed by atoms with Crippen LogP contribution in [0, 0.1) is 6.92 Å². The molecule has 1 fully saturated rings. The summed E-state index contributed by atoms with van der Waals surface area (Å²) in [5, 5.41) is 18.4. The van der Waals surface area contributed by atoms with E-state index in [9.17, 15) is 14.7 Å². The number of hydrogen-bond acceptors (Lipinski definition) is 6. The minimum atomic E-state index is -1.05. The molecule has 1 aromatic carbocycles. The lowest BCUT2D eigenvalue weighted by molar-refractivity contribution is -0.136. The molecule has 0 spiro atoms. The fourth-order valence-corrected chi connectivity index (χ4v) is 3.99. The number of nitrogens with zero attached hydrogens (tertiary/aromatic N) is 5. The van der Waals surface area contributed by atoms with Gasteiger partial charge in [-0.1, -0.05) is 18.2 Å². The molecule has 1 aliphatic rings. The second kappa shape index (κ2) is 8.66. The quantitative estimate of drug-likeness (QED) is 0.633. The Bertz CT molecular complexity index is 1130. The van der Waals surface area contributed by atoms with Gasteiger partial charge >= 0.3 is 0 Å². The van der Waals surface area contributed by atoms with Gasteiger partial charge in [-0.25, -0.2) is 9.97 Å². The number of fused-ring (bicyclic) bond motifs is 1. The van der Waals surface area contributed by atoms with Crippen molar-refractivity contribution in [1.29, 1.82) is 0 Å². The van der Waals surface area contributed by atoms with E-state index in [0.29, 0.717) is 24.6 Å². The van der Waals surface area contributed by atoms with Crippen LogP contribution in [0.4, 0.5) is 0 Å². The van der Waals surface area contributed by atoms with Crippen molar-refractivity contribution in [2.45, 2.75) is 51.7 Å². The lowest BCUT2D eigenvalue weighted by atomic mass is 10.0. The molecule has 3 aromatic rings. The number of hydrogen-bond donors (Lipinski definition) is 2. The normalized spacial score (nSPS) is 16.9. The molecule has 0 bridgehead atoms. The Morgan fingerprint density at radius 3 is 2.66 bits per heavy atom. The van der Waals surface area contributed by atoms with Crippen molar-refractivity contribution in [3.8, 4) is 5.95 Å². The highest BCUT2D eigenvalue weighted by Gasteiger charge is 2.28. The van der Waals surface area contributed by atoms with Crippen molar-refractivity contribution in [2.24, 2.45) is 0 Å². The van der Waals surface area contributed by atoms with Crippen molar-refractivity contribution in [3.05, 3.63) is 47.9 Å². The Morgan fingerprint density at radius 2 is 1.94 bits per heavy atom. The van der Waals surface area contributed by atoms with Crippen LogP contribution < -0.4 is 5.32 Å². The van der Waals surface area contributed by atoms with E-state index in [1.54, 1.807) is 23.4 Å². The Balaban J connectivity index is 1.42. The first-order valence-corrected chi connectivity index (χ1v) is 10.8. The van der Waals surface area contributed by atoms with Gasteiger partial charge in [0.2, 0.25) is 5.91 Å². The Kier molecular flexibility index (Phi) is 5.92. The maximum atomic E-state index is 12.7. The molecule has 9 heteroatoms. The van der Waals surface area contributed by atoms with Gasteiger partial charge in [-0.05, 0) is 39.7 Å². The van der Waals surface area contributed by atoms with Crippen LogP contribution in [0.5, 0.6) is 0 Å². The predicted octanol–water partition coefficient (Wildman–Crippen LogP) is 2.01. The molecule has 168 valence electrons. The van der Waals surface area contributed by atoms with Crippen LogP contribution in [0.3, 0.4) is 0 Å². The monoisotopic (exact) mass is 436 g/mol. The molecule has 4 rings (SSSR count). The van der Waals surface area contributed by atoms with E-state index in [1.165, 1.54) is 12.4 Å². The lowest BCUT2D eigenvalue weighted by Gasteiger charge is -2.34. The summed E-state index contributed by atoms with van der Waals surface area (Å²) in [7, 11) is 0. The summed E-state index contributed by atoms with van der Waals surface area (Å²) < 4.78 is 1.67. The number of carbonyl (C=O) groups excluding carboxylic acids is 2. The summed E-state index contributed by atoms with van der Waals surface area (Å²) in [5.74, 6) is 0.0117. The summed E-state index contributed by atoms with van der Waals surface area (Å²) in [4.78, 5) is 35.5. The zero-order valence-electron chi connectivity index (χ0n) is 18.6. The first-order valence-electron chi connectivity index (χ1n) is 10.8. The average Bonchev–Trinajstić information content (AvgIpc) is 3.10. The predicted molar refractivity (Wildman–Crippen MR) is 119 cm³/mol. The number of piperidine rings is 1. The van der Waals surface area contributed by atoms with E-state index in [2.05, 4.69) is 20.4 Å². The van der Waals surface area contributed by atoms with Crippen LogP contribution >= 0.6 is 0 Å². The molecule has 1 aliphatic heterocycles. The largest absolute Gasteiger partial charge is 0.390 e. The molecule has 0 aliphatic carbocycles. The topological polar surface area (TPSA) is 113 Å². The van der Waals surface area contributed by atoms with Crippen LogP contribution in [0.15, 0.2) is 36.7 Å². The third-order valence-electron chi connectivity index (χ3n) is 5.56. The molecule has 2 N–H and O–H groups in total. The molecule has 2 aromatic heterocycles. The molecule has 9 nitrogen and oxygen atoms in total. The smallest absolute Gasteiger partial charge is 0.254 e. The summed E-state index contributed by atoms with van der Waals surface area (Å²) in [6.07, 6.45) is 4.62. The van der Waals surface area contributed by atoms with Crippen molar-refractivity contribution in [1.82, 2.24) is 30.0 Å².